The minimum atomic E-state index is -1.45. The standard InChI is InChI=1S/C26H45NO12/c1-4-13-7-5-8-14(21(13)39-25-20(32)19(31)17(29)12(2)35-25)37-26-23-22(18(30)16(11-28)38-26)36-15(24(33)27-3)9-6-10-34-23/h12-23,25-26,28-32H,4-11H2,1-3H3,(H,27,33). The summed E-state index contributed by atoms with van der Waals surface area (Å²) in [4.78, 5) is 12.4. The number of amides is 1. The highest BCUT2D eigenvalue weighted by atomic mass is 16.7. The summed E-state index contributed by atoms with van der Waals surface area (Å²) in [6, 6.07) is 0. The SMILES string of the molecule is CCC1CCCC(OC2OC(CO)C(O)C3OC(C(=O)NC)CCCOC23)C1OC1OC(C)C(O)C(O)C1O. The lowest BCUT2D eigenvalue weighted by Gasteiger charge is -2.48. The van der Waals surface area contributed by atoms with E-state index in [-0.39, 0.29) is 11.8 Å². The maximum Gasteiger partial charge on any atom is 0.248 e. The number of carbonyl (C=O) groups is 1. The lowest BCUT2D eigenvalue weighted by Crippen LogP contribution is -2.64. The van der Waals surface area contributed by atoms with Crippen molar-refractivity contribution in [2.24, 2.45) is 5.92 Å². The number of aliphatic hydroxyl groups excluding tert-OH is 5. The van der Waals surface area contributed by atoms with Gasteiger partial charge in [-0.2, -0.15) is 0 Å². The van der Waals surface area contributed by atoms with E-state index in [4.69, 9.17) is 28.4 Å². The Balaban J connectivity index is 1.54. The fourth-order valence-corrected chi connectivity index (χ4v) is 6.03. The third-order valence-electron chi connectivity index (χ3n) is 8.41. The first-order valence-corrected chi connectivity index (χ1v) is 14.1. The van der Waals surface area contributed by atoms with Crippen LogP contribution in [0, 0.1) is 5.92 Å². The van der Waals surface area contributed by atoms with Gasteiger partial charge in [0.25, 0.3) is 0 Å². The van der Waals surface area contributed by atoms with Gasteiger partial charge in [-0.15, -0.1) is 0 Å². The number of hydrogen-bond acceptors (Lipinski definition) is 12. The Kier molecular flexibility index (Phi) is 11.0. The molecule has 4 fully saturated rings. The molecule has 4 aliphatic rings. The van der Waals surface area contributed by atoms with E-state index in [2.05, 4.69) is 5.32 Å². The summed E-state index contributed by atoms with van der Waals surface area (Å²) in [7, 11) is 1.52. The fourth-order valence-electron chi connectivity index (χ4n) is 6.03. The Labute approximate surface area is 228 Å². The molecule has 39 heavy (non-hydrogen) atoms. The Morgan fingerprint density at radius 1 is 0.897 bits per heavy atom. The predicted molar refractivity (Wildman–Crippen MR) is 133 cm³/mol. The van der Waals surface area contributed by atoms with Crippen molar-refractivity contribution in [1.29, 1.82) is 0 Å². The second-order valence-electron chi connectivity index (χ2n) is 11.0. The topological polar surface area (TPSA) is 186 Å². The largest absolute Gasteiger partial charge is 0.394 e. The van der Waals surface area contributed by atoms with Crippen LogP contribution in [-0.4, -0.2) is 131 Å². The van der Waals surface area contributed by atoms with Crippen LogP contribution in [0.1, 0.15) is 52.4 Å². The summed E-state index contributed by atoms with van der Waals surface area (Å²) in [5.41, 5.74) is 0. The Morgan fingerprint density at radius 3 is 2.36 bits per heavy atom. The summed E-state index contributed by atoms with van der Waals surface area (Å²) >= 11 is 0. The molecule has 6 N–H and O–H groups in total. The van der Waals surface area contributed by atoms with E-state index in [9.17, 15) is 30.3 Å². The molecule has 14 unspecified atom stereocenters. The minimum Gasteiger partial charge on any atom is -0.394 e. The Morgan fingerprint density at radius 2 is 1.67 bits per heavy atom. The first kappa shape index (κ1) is 31.0. The number of carbonyl (C=O) groups excluding carboxylic acids is 1. The van der Waals surface area contributed by atoms with Gasteiger partial charge in [-0.1, -0.05) is 19.8 Å². The van der Waals surface area contributed by atoms with Crippen molar-refractivity contribution in [3.05, 3.63) is 0 Å². The Hall–Kier alpha value is -0.970. The molecular formula is C26H45NO12. The second-order valence-corrected chi connectivity index (χ2v) is 11.0. The molecule has 13 nitrogen and oxygen atoms in total. The lowest BCUT2D eigenvalue weighted by atomic mass is 9.82. The van der Waals surface area contributed by atoms with Crippen LogP contribution in [0.5, 0.6) is 0 Å². The zero-order chi connectivity index (χ0) is 28.3. The van der Waals surface area contributed by atoms with Gasteiger partial charge in [0.2, 0.25) is 5.91 Å². The zero-order valence-corrected chi connectivity index (χ0v) is 22.8. The third kappa shape index (κ3) is 6.75. The van der Waals surface area contributed by atoms with Crippen LogP contribution in [0.3, 0.4) is 0 Å². The van der Waals surface area contributed by atoms with Crippen molar-refractivity contribution in [3.63, 3.8) is 0 Å². The van der Waals surface area contributed by atoms with E-state index in [1.165, 1.54) is 7.05 Å². The maximum atomic E-state index is 12.4. The number of aliphatic hydroxyl groups is 5. The van der Waals surface area contributed by atoms with Crippen molar-refractivity contribution in [3.8, 4) is 0 Å². The molecule has 3 aliphatic heterocycles. The number of fused-ring (bicyclic) bond motifs is 1. The summed E-state index contributed by atoms with van der Waals surface area (Å²) in [6.45, 7) is 3.41. The maximum absolute atomic E-state index is 12.4. The van der Waals surface area contributed by atoms with Gasteiger partial charge >= 0.3 is 0 Å². The number of hydrogen-bond donors (Lipinski definition) is 6. The average Bonchev–Trinajstić information content (AvgIpc) is 2.92. The van der Waals surface area contributed by atoms with Crippen molar-refractivity contribution in [2.45, 2.75) is 132 Å². The van der Waals surface area contributed by atoms with Crippen LogP contribution < -0.4 is 5.32 Å². The highest BCUT2D eigenvalue weighted by Crippen LogP contribution is 2.37. The fraction of sp³-hybridized carbons (Fsp3) is 0.962. The van der Waals surface area contributed by atoms with Gasteiger partial charge in [-0.3, -0.25) is 4.79 Å². The molecule has 3 saturated heterocycles. The molecule has 0 spiro atoms. The van der Waals surface area contributed by atoms with Crippen molar-refractivity contribution in [1.82, 2.24) is 5.32 Å². The summed E-state index contributed by atoms with van der Waals surface area (Å²) in [5, 5.41) is 54.4. The Bertz CT molecular complexity index is 790. The summed E-state index contributed by atoms with van der Waals surface area (Å²) < 4.78 is 36.5. The van der Waals surface area contributed by atoms with Gasteiger partial charge in [-0.25, -0.2) is 0 Å². The van der Waals surface area contributed by atoms with Crippen molar-refractivity contribution < 1.29 is 58.7 Å². The van der Waals surface area contributed by atoms with Gasteiger partial charge in [0, 0.05) is 13.7 Å². The molecule has 3 heterocycles. The van der Waals surface area contributed by atoms with Gasteiger partial charge in [-0.05, 0) is 38.5 Å². The molecule has 1 saturated carbocycles. The number of nitrogens with one attached hydrogen (secondary N) is 1. The number of likely N-dealkylation sites (N-methyl/N-ethyl adjacent to an activating group) is 1. The molecule has 14 atom stereocenters. The molecule has 0 bridgehead atoms. The second kappa shape index (κ2) is 13.8. The van der Waals surface area contributed by atoms with E-state index in [0.717, 1.165) is 19.3 Å². The van der Waals surface area contributed by atoms with Crippen LogP contribution >= 0.6 is 0 Å². The quantitative estimate of drug-likeness (QED) is 0.212. The van der Waals surface area contributed by atoms with Crippen molar-refractivity contribution >= 4 is 5.91 Å². The van der Waals surface area contributed by atoms with E-state index in [1.807, 2.05) is 6.92 Å². The normalized spacial score (nSPS) is 47.5. The first-order chi connectivity index (χ1) is 18.7. The van der Waals surface area contributed by atoms with Crippen LogP contribution in [-0.2, 0) is 33.2 Å². The average molecular weight is 564 g/mol. The van der Waals surface area contributed by atoms with Gasteiger partial charge in [0.05, 0.1) is 24.9 Å². The highest BCUT2D eigenvalue weighted by molar-refractivity contribution is 5.80. The van der Waals surface area contributed by atoms with Crippen molar-refractivity contribution in [2.75, 3.05) is 20.3 Å². The predicted octanol–water partition coefficient (Wildman–Crippen LogP) is -1.45. The van der Waals surface area contributed by atoms with Gasteiger partial charge in [0.1, 0.15) is 48.8 Å². The van der Waals surface area contributed by atoms with E-state index < -0.39 is 86.3 Å². The summed E-state index contributed by atoms with van der Waals surface area (Å²) in [5.74, 6) is -0.268. The molecule has 13 heteroatoms. The van der Waals surface area contributed by atoms with Crippen LogP contribution in [0.15, 0.2) is 0 Å². The molecule has 0 aromatic carbocycles. The highest BCUT2D eigenvalue weighted by Gasteiger charge is 2.52. The first-order valence-electron chi connectivity index (χ1n) is 14.1. The van der Waals surface area contributed by atoms with E-state index in [1.54, 1.807) is 6.92 Å². The van der Waals surface area contributed by atoms with E-state index >= 15 is 0 Å². The molecular weight excluding hydrogens is 518 g/mol. The number of ether oxygens (including phenoxy) is 6. The molecule has 4 rings (SSSR count). The molecule has 226 valence electrons. The zero-order valence-electron chi connectivity index (χ0n) is 22.8. The molecule has 1 amide bonds. The van der Waals surface area contributed by atoms with Gasteiger partial charge < -0.3 is 59.3 Å². The lowest BCUT2D eigenvalue weighted by molar-refractivity contribution is -0.354. The molecule has 1 aliphatic carbocycles. The summed E-state index contributed by atoms with van der Waals surface area (Å²) in [6.07, 6.45) is -9.15. The monoisotopic (exact) mass is 563 g/mol. The molecule has 0 radical (unpaired) electrons. The van der Waals surface area contributed by atoms with Crippen LogP contribution in [0.25, 0.3) is 0 Å². The molecule has 0 aromatic rings. The number of rotatable bonds is 7. The van der Waals surface area contributed by atoms with Crippen LogP contribution in [0.4, 0.5) is 0 Å². The van der Waals surface area contributed by atoms with Gasteiger partial charge in [0.15, 0.2) is 12.6 Å². The van der Waals surface area contributed by atoms with E-state index in [0.29, 0.717) is 25.9 Å². The minimum absolute atomic E-state index is 0.0459. The smallest absolute Gasteiger partial charge is 0.248 e. The molecule has 0 aromatic heterocycles. The van der Waals surface area contributed by atoms with Crippen LogP contribution in [0.2, 0.25) is 0 Å². The third-order valence-corrected chi connectivity index (χ3v) is 8.41.